The van der Waals surface area contributed by atoms with Crippen LogP contribution in [0.5, 0.6) is 0 Å². The predicted molar refractivity (Wildman–Crippen MR) is 61.3 cm³/mol. The highest BCUT2D eigenvalue weighted by Crippen LogP contribution is 2.07. The molecule has 1 fully saturated rings. The third kappa shape index (κ3) is 2.75. The van der Waals surface area contributed by atoms with Gasteiger partial charge in [-0.15, -0.1) is 11.6 Å². The number of hydrogen-bond donors (Lipinski definition) is 2. The van der Waals surface area contributed by atoms with Crippen molar-refractivity contribution < 1.29 is 14.4 Å². The molecule has 2 rings (SSSR count). The fraction of sp³-hybridized carbons (Fsp3) is 0.273. The van der Waals surface area contributed by atoms with Crippen molar-refractivity contribution >= 4 is 23.4 Å². The van der Waals surface area contributed by atoms with Crippen LogP contribution < -0.4 is 10.8 Å². The Bertz CT molecular complexity index is 433. The van der Waals surface area contributed by atoms with E-state index in [1.165, 1.54) is 0 Å². The molecule has 6 heteroatoms. The Morgan fingerprint density at radius 3 is 2.71 bits per heavy atom. The summed E-state index contributed by atoms with van der Waals surface area (Å²) in [4.78, 5) is 27.7. The summed E-state index contributed by atoms with van der Waals surface area (Å²) >= 11 is 5.65. The highest BCUT2D eigenvalue weighted by atomic mass is 35.5. The van der Waals surface area contributed by atoms with Crippen molar-refractivity contribution in [2.24, 2.45) is 0 Å². The molecule has 0 radical (unpaired) electrons. The van der Waals surface area contributed by atoms with Gasteiger partial charge in [0.25, 0.3) is 11.8 Å². The molecule has 1 aromatic rings. The predicted octanol–water partition coefficient (Wildman–Crippen LogP) is 0.585. The van der Waals surface area contributed by atoms with E-state index in [9.17, 15) is 9.59 Å². The van der Waals surface area contributed by atoms with Crippen LogP contribution in [0.25, 0.3) is 0 Å². The van der Waals surface area contributed by atoms with Gasteiger partial charge in [-0.1, -0.05) is 12.1 Å². The lowest BCUT2D eigenvalue weighted by atomic mass is 10.1. The molecule has 1 aromatic carbocycles. The lowest BCUT2D eigenvalue weighted by molar-refractivity contribution is -0.125. The molecule has 1 atom stereocenters. The lowest BCUT2D eigenvalue weighted by Crippen LogP contribution is -2.41. The van der Waals surface area contributed by atoms with E-state index >= 15 is 0 Å². The van der Waals surface area contributed by atoms with Crippen LogP contribution in [0.2, 0.25) is 0 Å². The maximum absolute atomic E-state index is 11.8. The Kier molecular flexibility index (Phi) is 3.61. The number of benzene rings is 1. The highest BCUT2D eigenvalue weighted by molar-refractivity contribution is 6.17. The molecule has 1 aliphatic heterocycles. The van der Waals surface area contributed by atoms with Crippen molar-refractivity contribution in [3.05, 3.63) is 35.4 Å². The van der Waals surface area contributed by atoms with Crippen LogP contribution in [0, 0.1) is 0 Å². The molecule has 0 aliphatic carbocycles. The van der Waals surface area contributed by atoms with E-state index in [0.29, 0.717) is 11.4 Å². The van der Waals surface area contributed by atoms with Gasteiger partial charge in [0.15, 0.2) is 0 Å². The molecule has 1 heterocycles. The molecule has 0 saturated carbocycles. The molecule has 2 N–H and O–H groups in total. The Hall–Kier alpha value is -1.59. The molecule has 0 unspecified atom stereocenters. The normalized spacial score (nSPS) is 18.9. The Morgan fingerprint density at radius 2 is 2.18 bits per heavy atom. The van der Waals surface area contributed by atoms with Gasteiger partial charge in [0, 0.05) is 11.4 Å². The number of rotatable bonds is 3. The van der Waals surface area contributed by atoms with Crippen LogP contribution >= 0.6 is 11.6 Å². The molecule has 90 valence electrons. The number of carbonyl (C=O) groups excluding carboxylic acids is 2. The fourth-order valence-electron chi connectivity index (χ4n) is 1.44. The van der Waals surface area contributed by atoms with Gasteiger partial charge in [0.2, 0.25) is 0 Å². The number of amides is 2. The molecule has 2 amide bonds. The summed E-state index contributed by atoms with van der Waals surface area (Å²) in [6.07, 6.45) is 0. The zero-order valence-corrected chi connectivity index (χ0v) is 9.66. The van der Waals surface area contributed by atoms with Gasteiger partial charge < -0.3 is 5.32 Å². The summed E-state index contributed by atoms with van der Waals surface area (Å²) in [5.74, 6) is -0.242. The minimum absolute atomic E-state index is 0.143. The minimum Gasteiger partial charge on any atom is -0.338 e. The molecule has 17 heavy (non-hydrogen) atoms. The van der Waals surface area contributed by atoms with Crippen LogP contribution in [0.3, 0.4) is 0 Å². The van der Waals surface area contributed by atoms with Crippen LogP contribution in [0.4, 0.5) is 0 Å². The molecule has 0 spiro atoms. The van der Waals surface area contributed by atoms with Gasteiger partial charge in [0.05, 0.1) is 0 Å². The van der Waals surface area contributed by atoms with E-state index in [4.69, 9.17) is 16.4 Å². The molecule has 5 nitrogen and oxygen atoms in total. The third-order valence-corrected chi connectivity index (χ3v) is 2.72. The minimum atomic E-state index is -0.629. The van der Waals surface area contributed by atoms with E-state index in [2.05, 4.69) is 10.8 Å². The topological polar surface area (TPSA) is 67.4 Å². The fourth-order valence-corrected chi connectivity index (χ4v) is 1.62. The molecule has 0 bridgehead atoms. The average Bonchev–Trinajstić information content (AvgIpc) is 2.75. The van der Waals surface area contributed by atoms with E-state index in [1.807, 2.05) is 0 Å². The third-order valence-electron chi connectivity index (χ3n) is 2.42. The largest absolute Gasteiger partial charge is 0.338 e. The smallest absolute Gasteiger partial charge is 0.268 e. The van der Waals surface area contributed by atoms with Gasteiger partial charge in [-0.2, -0.15) is 0 Å². The second-order valence-electron chi connectivity index (χ2n) is 3.63. The van der Waals surface area contributed by atoms with Crippen LogP contribution in [-0.4, -0.2) is 24.5 Å². The number of nitrogens with one attached hydrogen (secondary N) is 2. The molecular weight excluding hydrogens is 244 g/mol. The van der Waals surface area contributed by atoms with Crippen molar-refractivity contribution in [2.45, 2.75) is 11.9 Å². The van der Waals surface area contributed by atoms with Crippen molar-refractivity contribution in [2.75, 3.05) is 6.61 Å². The summed E-state index contributed by atoms with van der Waals surface area (Å²) in [7, 11) is 0. The van der Waals surface area contributed by atoms with Crippen molar-refractivity contribution in [3.63, 3.8) is 0 Å². The van der Waals surface area contributed by atoms with Gasteiger partial charge in [0.1, 0.15) is 12.6 Å². The van der Waals surface area contributed by atoms with E-state index in [1.54, 1.807) is 24.3 Å². The quantitative estimate of drug-likeness (QED) is 0.776. The van der Waals surface area contributed by atoms with Crippen LogP contribution in [-0.2, 0) is 15.5 Å². The SMILES string of the molecule is O=C(N[C@@H]1CONC1=O)c1ccc(CCl)cc1. The monoisotopic (exact) mass is 254 g/mol. The zero-order valence-electron chi connectivity index (χ0n) is 8.90. The van der Waals surface area contributed by atoms with Crippen molar-refractivity contribution in [1.29, 1.82) is 0 Å². The number of carbonyl (C=O) groups is 2. The van der Waals surface area contributed by atoms with Crippen molar-refractivity contribution in [1.82, 2.24) is 10.8 Å². The first-order valence-corrected chi connectivity index (χ1v) is 5.61. The first-order valence-electron chi connectivity index (χ1n) is 5.08. The summed E-state index contributed by atoms with van der Waals surface area (Å²) in [6, 6.07) is 6.25. The summed E-state index contributed by atoms with van der Waals surface area (Å²) in [5, 5.41) is 2.57. The Labute approximate surface area is 103 Å². The second-order valence-corrected chi connectivity index (χ2v) is 3.90. The van der Waals surface area contributed by atoms with Gasteiger partial charge in [-0.3, -0.25) is 14.4 Å². The van der Waals surface area contributed by atoms with Crippen molar-refractivity contribution in [3.8, 4) is 0 Å². The maximum atomic E-state index is 11.8. The highest BCUT2D eigenvalue weighted by Gasteiger charge is 2.27. The summed E-state index contributed by atoms with van der Waals surface area (Å²) in [6.45, 7) is 0.143. The number of halogens is 1. The average molecular weight is 255 g/mol. The lowest BCUT2D eigenvalue weighted by Gasteiger charge is -2.08. The number of hydroxylamine groups is 1. The first kappa shape index (κ1) is 11.9. The van der Waals surface area contributed by atoms with Gasteiger partial charge in [-0.25, -0.2) is 5.48 Å². The van der Waals surface area contributed by atoms with Crippen LogP contribution in [0.15, 0.2) is 24.3 Å². The zero-order chi connectivity index (χ0) is 12.3. The number of hydrogen-bond acceptors (Lipinski definition) is 3. The van der Waals surface area contributed by atoms with E-state index in [0.717, 1.165) is 5.56 Å². The Balaban J connectivity index is 2.01. The van der Waals surface area contributed by atoms with Crippen LogP contribution in [0.1, 0.15) is 15.9 Å². The van der Waals surface area contributed by atoms with Gasteiger partial charge >= 0.3 is 0 Å². The van der Waals surface area contributed by atoms with Gasteiger partial charge in [-0.05, 0) is 17.7 Å². The molecule has 0 aromatic heterocycles. The maximum Gasteiger partial charge on any atom is 0.268 e. The molecule has 1 aliphatic rings. The first-order chi connectivity index (χ1) is 8.20. The summed E-state index contributed by atoms with van der Waals surface area (Å²) in [5.41, 5.74) is 3.59. The van der Waals surface area contributed by atoms with E-state index in [-0.39, 0.29) is 18.4 Å². The summed E-state index contributed by atoms with van der Waals surface area (Å²) < 4.78 is 0. The second kappa shape index (κ2) is 5.16. The molecule has 1 saturated heterocycles. The Morgan fingerprint density at radius 1 is 1.47 bits per heavy atom. The van der Waals surface area contributed by atoms with E-state index < -0.39 is 6.04 Å². The number of alkyl halides is 1. The standard InChI is InChI=1S/C11H11ClN2O3/c12-5-7-1-3-8(4-2-7)10(15)13-9-6-17-14-11(9)16/h1-4,9H,5-6H2,(H,13,15)(H,14,16)/t9-/m1/s1. The molecular formula is C11H11ClN2O3.